The Labute approximate surface area is 92.9 Å². The fraction of sp³-hybridized carbons (Fsp3) is 0.538. The van der Waals surface area contributed by atoms with Gasteiger partial charge < -0.3 is 9.64 Å². The maximum atomic E-state index is 5.13. The van der Waals surface area contributed by atoms with Crippen LogP contribution in [0.1, 0.15) is 19.4 Å². The Morgan fingerprint density at radius 3 is 2.13 bits per heavy atom. The van der Waals surface area contributed by atoms with Crippen LogP contribution in [0.5, 0.6) is 5.75 Å². The van der Waals surface area contributed by atoms with Crippen LogP contribution in [-0.4, -0.2) is 31.6 Å². The lowest BCUT2D eigenvalue weighted by Crippen LogP contribution is -2.25. The van der Waals surface area contributed by atoms with Crippen molar-refractivity contribution >= 4 is 0 Å². The molecule has 0 aliphatic carbocycles. The van der Waals surface area contributed by atoms with E-state index >= 15 is 0 Å². The number of hydrogen-bond acceptors (Lipinski definition) is 2. The molecule has 0 bridgehead atoms. The van der Waals surface area contributed by atoms with Crippen LogP contribution in [0.4, 0.5) is 0 Å². The molecule has 1 aromatic carbocycles. The molecule has 0 atom stereocenters. The number of hydrogen-bond donors (Lipinski definition) is 0. The molecule has 1 rings (SSSR count). The quantitative estimate of drug-likeness (QED) is 0.711. The Morgan fingerprint density at radius 2 is 1.67 bits per heavy atom. The van der Waals surface area contributed by atoms with Gasteiger partial charge in [-0.05, 0) is 37.2 Å². The molecule has 0 radical (unpaired) electrons. The average molecular weight is 207 g/mol. The molecule has 0 heterocycles. The minimum Gasteiger partial charge on any atom is -0.497 e. The number of ether oxygens (including phenoxy) is 1. The summed E-state index contributed by atoms with van der Waals surface area (Å²) in [5.41, 5.74) is 1.38. The highest BCUT2D eigenvalue weighted by Gasteiger charge is 1.99. The van der Waals surface area contributed by atoms with Crippen molar-refractivity contribution < 1.29 is 4.74 Å². The fourth-order valence-electron chi connectivity index (χ4n) is 1.62. The number of rotatable bonds is 6. The second-order valence-electron chi connectivity index (χ2n) is 3.62. The highest BCUT2D eigenvalue weighted by atomic mass is 16.5. The molecule has 0 aliphatic heterocycles. The van der Waals surface area contributed by atoms with Crippen LogP contribution in [0.15, 0.2) is 24.3 Å². The SMILES string of the molecule is CCN(CC)CCc1ccc(OC)cc1. The number of likely N-dealkylation sites (N-methyl/N-ethyl adjacent to an activating group) is 1. The third-order valence-corrected chi connectivity index (χ3v) is 2.77. The highest BCUT2D eigenvalue weighted by Crippen LogP contribution is 2.11. The van der Waals surface area contributed by atoms with E-state index in [0.29, 0.717) is 0 Å². The summed E-state index contributed by atoms with van der Waals surface area (Å²) in [7, 11) is 1.70. The topological polar surface area (TPSA) is 12.5 Å². The second kappa shape index (κ2) is 6.46. The minimum atomic E-state index is 0.932. The van der Waals surface area contributed by atoms with E-state index < -0.39 is 0 Å². The van der Waals surface area contributed by atoms with Crippen molar-refractivity contribution in [2.24, 2.45) is 0 Å². The van der Waals surface area contributed by atoms with Crippen LogP contribution in [0.3, 0.4) is 0 Å². The molecule has 0 aliphatic rings. The summed E-state index contributed by atoms with van der Waals surface area (Å²) in [6.45, 7) is 7.81. The van der Waals surface area contributed by atoms with E-state index in [9.17, 15) is 0 Å². The van der Waals surface area contributed by atoms with E-state index in [-0.39, 0.29) is 0 Å². The standard InChI is InChI=1S/C13H21NO/c1-4-14(5-2)11-10-12-6-8-13(15-3)9-7-12/h6-9H,4-5,10-11H2,1-3H3. The summed E-state index contributed by atoms with van der Waals surface area (Å²) in [6.07, 6.45) is 1.12. The minimum absolute atomic E-state index is 0.932. The molecule has 2 heteroatoms. The van der Waals surface area contributed by atoms with Gasteiger partial charge in [0.05, 0.1) is 7.11 Å². The van der Waals surface area contributed by atoms with Crippen LogP contribution < -0.4 is 4.74 Å². The largest absolute Gasteiger partial charge is 0.497 e. The van der Waals surface area contributed by atoms with E-state index in [1.54, 1.807) is 7.11 Å². The van der Waals surface area contributed by atoms with Gasteiger partial charge in [-0.1, -0.05) is 26.0 Å². The van der Waals surface area contributed by atoms with Crippen LogP contribution >= 0.6 is 0 Å². The van der Waals surface area contributed by atoms with Crippen LogP contribution in [0, 0.1) is 0 Å². The van der Waals surface area contributed by atoms with Crippen LogP contribution in [0.25, 0.3) is 0 Å². The summed E-state index contributed by atoms with van der Waals surface area (Å²) >= 11 is 0. The summed E-state index contributed by atoms with van der Waals surface area (Å²) < 4.78 is 5.13. The van der Waals surface area contributed by atoms with Crippen molar-refractivity contribution in [1.29, 1.82) is 0 Å². The molecule has 0 fully saturated rings. The molecule has 0 saturated carbocycles. The van der Waals surface area contributed by atoms with Gasteiger partial charge in [-0.15, -0.1) is 0 Å². The molecule has 1 aromatic rings. The fourth-order valence-corrected chi connectivity index (χ4v) is 1.62. The van der Waals surface area contributed by atoms with Crippen LogP contribution in [-0.2, 0) is 6.42 Å². The second-order valence-corrected chi connectivity index (χ2v) is 3.62. The normalized spacial score (nSPS) is 10.7. The van der Waals surface area contributed by atoms with Gasteiger partial charge in [0.1, 0.15) is 5.75 Å². The molecular formula is C13H21NO. The van der Waals surface area contributed by atoms with E-state index in [4.69, 9.17) is 4.74 Å². The molecule has 0 saturated heterocycles. The van der Waals surface area contributed by atoms with Crippen molar-refractivity contribution in [2.45, 2.75) is 20.3 Å². The van der Waals surface area contributed by atoms with Crippen molar-refractivity contribution in [3.8, 4) is 5.75 Å². The summed E-state index contributed by atoms with van der Waals surface area (Å²) in [5.74, 6) is 0.932. The maximum absolute atomic E-state index is 5.13. The first-order valence-electron chi connectivity index (χ1n) is 5.65. The summed E-state index contributed by atoms with van der Waals surface area (Å²) in [5, 5.41) is 0. The highest BCUT2D eigenvalue weighted by molar-refractivity contribution is 5.27. The Balaban J connectivity index is 2.43. The zero-order valence-corrected chi connectivity index (χ0v) is 9.99. The van der Waals surface area contributed by atoms with Gasteiger partial charge in [0, 0.05) is 6.54 Å². The molecule has 0 N–H and O–H groups in total. The first-order valence-corrected chi connectivity index (χ1v) is 5.65. The van der Waals surface area contributed by atoms with Gasteiger partial charge >= 0.3 is 0 Å². The van der Waals surface area contributed by atoms with Crippen LogP contribution in [0.2, 0.25) is 0 Å². The summed E-state index contributed by atoms with van der Waals surface area (Å²) in [4.78, 5) is 2.43. The van der Waals surface area contributed by atoms with Crippen molar-refractivity contribution in [3.63, 3.8) is 0 Å². The molecule has 0 spiro atoms. The van der Waals surface area contributed by atoms with Crippen molar-refractivity contribution in [1.82, 2.24) is 4.90 Å². The van der Waals surface area contributed by atoms with Gasteiger partial charge in [0.2, 0.25) is 0 Å². The third-order valence-electron chi connectivity index (χ3n) is 2.77. The van der Waals surface area contributed by atoms with Gasteiger partial charge in [-0.3, -0.25) is 0 Å². The molecule has 2 nitrogen and oxygen atoms in total. The number of benzene rings is 1. The number of methoxy groups -OCH3 is 1. The Kier molecular flexibility index (Phi) is 5.19. The molecule has 0 amide bonds. The van der Waals surface area contributed by atoms with Crippen molar-refractivity contribution in [3.05, 3.63) is 29.8 Å². The number of nitrogens with zero attached hydrogens (tertiary/aromatic N) is 1. The average Bonchev–Trinajstić information content (AvgIpc) is 2.31. The maximum Gasteiger partial charge on any atom is 0.118 e. The van der Waals surface area contributed by atoms with Gasteiger partial charge in [-0.2, -0.15) is 0 Å². The first kappa shape index (κ1) is 12.1. The molecule has 15 heavy (non-hydrogen) atoms. The Bertz CT molecular complexity index is 264. The Morgan fingerprint density at radius 1 is 1.07 bits per heavy atom. The van der Waals surface area contributed by atoms with Gasteiger partial charge in [-0.25, -0.2) is 0 Å². The monoisotopic (exact) mass is 207 g/mol. The first-order chi connectivity index (χ1) is 7.30. The lowest BCUT2D eigenvalue weighted by molar-refractivity contribution is 0.308. The lowest BCUT2D eigenvalue weighted by atomic mass is 10.1. The van der Waals surface area contributed by atoms with E-state index in [1.807, 2.05) is 12.1 Å². The molecular weight excluding hydrogens is 186 g/mol. The lowest BCUT2D eigenvalue weighted by Gasteiger charge is -2.17. The van der Waals surface area contributed by atoms with Gasteiger partial charge in [0.25, 0.3) is 0 Å². The molecule has 0 unspecified atom stereocenters. The molecule has 84 valence electrons. The van der Waals surface area contributed by atoms with E-state index in [2.05, 4.69) is 30.9 Å². The molecule has 0 aromatic heterocycles. The summed E-state index contributed by atoms with van der Waals surface area (Å²) in [6, 6.07) is 8.33. The van der Waals surface area contributed by atoms with E-state index in [1.165, 1.54) is 5.56 Å². The predicted octanol–water partition coefficient (Wildman–Crippen LogP) is 2.58. The zero-order chi connectivity index (χ0) is 11.1. The van der Waals surface area contributed by atoms with Gasteiger partial charge in [0.15, 0.2) is 0 Å². The van der Waals surface area contributed by atoms with E-state index in [0.717, 1.165) is 31.8 Å². The smallest absolute Gasteiger partial charge is 0.118 e. The third kappa shape index (κ3) is 3.92. The zero-order valence-electron chi connectivity index (χ0n) is 9.99. The predicted molar refractivity (Wildman–Crippen MR) is 64.5 cm³/mol. The van der Waals surface area contributed by atoms with Crippen molar-refractivity contribution in [2.75, 3.05) is 26.7 Å². The Hall–Kier alpha value is -1.02.